The summed E-state index contributed by atoms with van der Waals surface area (Å²) in [5.41, 5.74) is 2.57. The van der Waals surface area contributed by atoms with Gasteiger partial charge in [-0.25, -0.2) is 4.98 Å². The molecule has 0 aliphatic heterocycles. The maximum Gasteiger partial charge on any atom is 0.203 e. The smallest absolute Gasteiger partial charge is 0.203 e. The molecule has 1 N–H and O–H groups in total. The molecule has 2 heterocycles. The molecule has 0 aromatic carbocycles. The van der Waals surface area contributed by atoms with Crippen molar-refractivity contribution in [2.75, 3.05) is 5.32 Å². The van der Waals surface area contributed by atoms with Gasteiger partial charge in [0.05, 0.1) is 12.2 Å². The fourth-order valence-corrected chi connectivity index (χ4v) is 4.16. The predicted octanol–water partition coefficient (Wildman–Crippen LogP) is 4.61. The summed E-state index contributed by atoms with van der Waals surface area (Å²) in [5, 5.41) is 5.88. The van der Waals surface area contributed by atoms with Gasteiger partial charge in [-0.3, -0.25) is 0 Å². The van der Waals surface area contributed by atoms with E-state index in [1.54, 1.807) is 0 Å². The molecule has 3 rings (SSSR count). The molecule has 21 heavy (non-hydrogen) atoms. The van der Waals surface area contributed by atoms with Gasteiger partial charge >= 0.3 is 0 Å². The van der Waals surface area contributed by atoms with Gasteiger partial charge in [-0.15, -0.1) is 11.3 Å². The second-order valence-corrected chi connectivity index (χ2v) is 7.04. The van der Waals surface area contributed by atoms with Crippen molar-refractivity contribution in [1.82, 2.24) is 9.55 Å². The third-order valence-electron chi connectivity index (χ3n) is 4.37. The second kappa shape index (κ2) is 6.65. The number of rotatable bonds is 5. The van der Waals surface area contributed by atoms with Gasteiger partial charge in [0.2, 0.25) is 5.95 Å². The summed E-state index contributed by atoms with van der Waals surface area (Å²) >= 11 is 1.86. The van der Waals surface area contributed by atoms with E-state index in [2.05, 4.69) is 41.4 Å². The first-order chi connectivity index (χ1) is 10.3. The van der Waals surface area contributed by atoms with E-state index in [0.717, 1.165) is 24.6 Å². The van der Waals surface area contributed by atoms with E-state index in [-0.39, 0.29) is 0 Å². The summed E-state index contributed by atoms with van der Waals surface area (Å²) in [6.07, 6.45) is 9.93. The van der Waals surface area contributed by atoms with Crippen LogP contribution in [0.5, 0.6) is 0 Å². The maximum atomic E-state index is 4.70. The highest BCUT2D eigenvalue weighted by Gasteiger charge is 2.16. The highest BCUT2D eigenvalue weighted by molar-refractivity contribution is 7.10. The minimum absolute atomic E-state index is 0.605. The molecule has 0 atom stereocenters. The van der Waals surface area contributed by atoms with Crippen LogP contribution in [0.2, 0.25) is 0 Å². The summed E-state index contributed by atoms with van der Waals surface area (Å²) in [4.78, 5) is 6.16. The lowest BCUT2D eigenvalue weighted by atomic mass is 9.96. The first-order valence-corrected chi connectivity index (χ1v) is 8.99. The molecule has 0 spiro atoms. The molecular weight excluding hydrogens is 278 g/mol. The van der Waals surface area contributed by atoms with Crippen molar-refractivity contribution in [2.24, 2.45) is 0 Å². The van der Waals surface area contributed by atoms with Gasteiger partial charge in [0.15, 0.2) is 0 Å². The molecule has 1 saturated carbocycles. The van der Waals surface area contributed by atoms with E-state index in [9.17, 15) is 0 Å². The van der Waals surface area contributed by atoms with Crippen LogP contribution in [-0.2, 0) is 13.0 Å². The summed E-state index contributed by atoms with van der Waals surface area (Å²) < 4.78 is 2.29. The minimum Gasteiger partial charge on any atom is -0.353 e. The Morgan fingerprint density at radius 3 is 2.90 bits per heavy atom. The molecule has 1 fully saturated rings. The summed E-state index contributed by atoms with van der Waals surface area (Å²) in [7, 11) is 0. The summed E-state index contributed by atoms with van der Waals surface area (Å²) in [6, 6.07) is 2.85. The van der Waals surface area contributed by atoms with E-state index in [1.807, 2.05) is 11.3 Å². The monoisotopic (exact) mass is 303 g/mol. The average molecular weight is 303 g/mol. The highest BCUT2D eigenvalue weighted by atomic mass is 32.1. The van der Waals surface area contributed by atoms with Crippen molar-refractivity contribution in [3.05, 3.63) is 33.8 Å². The van der Waals surface area contributed by atoms with Gasteiger partial charge in [0, 0.05) is 17.1 Å². The topological polar surface area (TPSA) is 29.9 Å². The first-order valence-electron chi connectivity index (χ1n) is 8.12. The molecule has 0 radical (unpaired) electrons. The molecule has 2 aromatic rings. The van der Waals surface area contributed by atoms with Crippen molar-refractivity contribution in [3.8, 4) is 0 Å². The van der Waals surface area contributed by atoms with Crippen molar-refractivity contribution in [1.29, 1.82) is 0 Å². The largest absolute Gasteiger partial charge is 0.353 e. The van der Waals surface area contributed by atoms with Crippen LogP contribution in [-0.4, -0.2) is 15.6 Å². The summed E-state index contributed by atoms with van der Waals surface area (Å²) in [5.74, 6) is 1.05. The minimum atomic E-state index is 0.605. The molecule has 3 nitrogen and oxygen atoms in total. The zero-order valence-corrected chi connectivity index (χ0v) is 13.9. The van der Waals surface area contributed by atoms with Gasteiger partial charge in [0.25, 0.3) is 0 Å². The predicted molar refractivity (Wildman–Crippen MR) is 90.3 cm³/mol. The number of aromatic nitrogens is 2. The van der Waals surface area contributed by atoms with E-state index in [4.69, 9.17) is 4.98 Å². The van der Waals surface area contributed by atoms with E-state index in [0.29, 0.717) is 6.04 Å². The number of nitrogens with zero attached hydrogens (tertiary/aromatic N) is 2. The summed E-state index contributed by atoms with van der Waals surface area (Å²) in [6.45, 7) is 5.25. The van der Waals surface area contributed by atoms with Crippen LogP contribution in [0.3, 0.4) is 0 Å². The van der Waals surface area contributed by atoms with Crippen LogP contribution >= 0.6 is 11.3 Å². The fourth-order valence-electron chi connectivity index (χ4n) is 3.19. The Morgan fingerprint density at radius 1 is 1.33 bits per heavy atom. The Labute approximate surface area is 131 Å². The average Bonchev–Trinajstić information content (AvgIpc) is 3.07. The van der Waals surface area contributed by atoms with Gasteiger partial charge in [-0.1, -0.05) is 26.2 Å². The van der Waals surface area contributed by atoms with Crippen molar-refractivity contribution >= 4 is 17.3 Å². The Hall–Kier alpha value is -1.29. The van der Waals surface area contributed by atoms with Crippen LogP contribution in [0.1, 0.15) is 55.2 Å². The highest BCUT2D eigenvalue weighted by Crippen LogP contribution is 2.24. The third-order valence-corrected chi connectivity index (χ3v) is 5.32. The van der Waals surface area contributed by atoms with E-state index in [1.165, 1.54) is 42.5 Å². The second-order valence-electron chi connectivity index (χ2n) is 6.04. The van der Waals surface area contributed by atoms with Gasteiger partial charge in [0.1, 0.15) is 0 Å². The van der Waals surface area contributed by atoms with Crippen molar-refractivity contribution in [2.45, 2.75) is 65.0 Å². The van der Waals surface area contributed by atoms with E-state index < -0.39 is 0 Å². The Morgan fingerprint density at radius 2 is 2.14 bits per heavy atom. The molecule has 0 bridgehead atoms. The zero-order chi connectivity index (χ0) is 14.7. The van der Waals surface area contributed by atoms with Crippen LogP contribution in [0.25, 0.3) is 0 Å². The quantitative estimate of drug-likeness (QED) is 0.874. The molecule has 0 saturated heterocycles. The molecular formula is C17H25N3S. The van der Waals surface area contributed by atoms with Gasteiger partial charge in [-0.05, 0) is 43.2 Å². The van der Waals surface area contributed by atoms with Crippen LogP contribution in [0.4, 0.5) is 5.95 Å². The number of thiophene rings is 1. The van der Waals surface area contributed by atoms with E-state index >= 15 is 0 Å². The fraction of sp³-hybridized carbons (Fsp3) is 0.588. The zero-order valence-electron chi connectivity index (χ0n) is 13.1. The third kappa shape index (κ3) is 3.49. The number of aryl methyl sites for hydroxylation is 2. The molecule has 0 amide bonds. The molecule has 2 aromatic heterocycles. The van der Waals surface area contributed by atoms with Gasteiger partial charge < -0.3 is 9.88 Å². The Kier molecular flexibility index (Phi) is 4.63. The first kappa shape index (κ1) is 14.6. The number of nitrogens with one attached hydrogen (secondary N) is 1. The normalized spacial score (nSPS) is 16.3. The maximum absolute atomic E-state index is 4.70. The molecule has 4 heteroatoms. The standard InChI is InChI=1S/C17H25N3S/c1-3-14-9-10-21-16(14)12-20-11-13(2)18-17(20)19-15-7-5-4-6-8-15/h9-11,15H,3-8,12H2,1-2H3,(H,18,19). The number of imidazole rings is 1. The Balaban J connectivity index is 1.75. The van der Waals surface area contributed by atoms with Crippen molar-refractivity contribution in [3.63, 3.8) is 0 Å². The lowest BCUT2D eigenvalue weighted by Crippen LogP contribution is -2.24. The molecule has 114 valence electrons. The number of hydrogen-bond donors (Lipinski definition) is 1. The van der Waals surface area contributed by atoms with Crippen LogP contribution in [0, 0.1) is 6.92 Å². The number of anilines is 1. The SMILES string of the molecule is CCc1ccsc1Cn1cc(C)nc1NC1CCCCC1. The van der Waals surface area contributed by atoms with Crippen LogP contribution < -0.4 is 5.32 Å². The van der Waals surface area contributed by atoms with Gasteiger partial charge in [-0.2, -0.15) is 0 Å². The lowest BCUT2D eigenvalue weighted by Gasteiger charge is -2.23. The molecule has 1 aliphatic rings. The molecule has 0 unspecified atom stereocenters. The number of hydrogen-bond acceptors (Lipinski definition) is 3. The lowest BCUT2D eigenvalue weighted by molar-refractivity contribution is 0.459. The van der Waals surface area contributed by atoms with Crippen molar-refractivity contribution < 1.29 is 0 Å². The Bertz CT molecular complexity index is 579. The van der Waals surface area contributed by atoms with Crippen LogP contribution in [0.15, 0.2) is 17.6 Å². The molecule has 1 aliphatic carbocycles.